The Morgan fingerprint density at radius 3 is 2.03 bits per heavy atom. The topological polar surface area (TPSA) is 52.6 Å². The number of fused-ring (bicyclic) bond motifs is 1. The molecule has 0 saturated carbocycles. The average Bonchev–Trinajstić information content (AvgIpc) is 2.83. The number of alkyl halides is 3. The third-order valence-electron chi connectivity index (χ3n) is 5.38. The van der Waals surface area contributed by atoms with Crippen LogP contribution in [0.4, 0.5) is 35.1 Å². The summed E-state index contributed by atoms with van der Waals surface area (Å²) in [5.41, 5.74) is -0.323. The van der Waals surface area contributed by atoms with Crippen LogP contribution in [0.2, 0.25) is 5.02 Å². The van der Waals surface area contributed by atoms with Crippen LogP contribution >= 0.6 is 11.6 Å². The lowest BCUT2D eigenvalue weighted by Crippen LogP contribution is -2.18. The van der Waals surface area contributed by atoms with E-state index in [9.17, 15) is 43.5 Å². The first-order chi connectivity index (χ1) is 16.7. The van der Waals surface area contributed by atoms with Crippen molar-refractivity contribution in [1.82, 2.24) is 0 Å². The molecule has 3 aromatic rings. The van der Waals surface area contributed by atoms with Gasteiger partial charge in [-0.15, -0.1) is 0 Å². The molecular weight excluding hydrogens is 548 g/mol. The zero-order valence-electron chi connectivity index (χ0n) is 17.4. The first-order valence-corrected chi connectivity index (χ1v) is 11.6. The highest BCUT2D eigenvalue weighted by molar-refractivity contribution is 7.87. The maximum atomic E-state index is 13.9. The Balaban J connectivity index is 1.70. The molecule has 192 valence electrons. The molecule has 1 atom stereocenters. The lowest BCUT2D eigenvalue weighted by molar-refractivity contribution is -0.137. The van der Waals surface area contributed by atoms with Gasteiger partial charge in [-0.2, -0.15) is 30.4 Å². The fourth-order valence-electron chi connectivity index (χ4n) is 3.65. The molecule has 1 unspecified atom stereocenters. The molecule has 14 heteroatoms. The predicted octanol–water partition coefficient (Wildman–Crippen LogP) is 6.74. The van der Waals surface area contributed by atoms with Crippen molar-refractivity contribution in [2.24, 2.45) is 0 Å². The van der Waals surface area contributed by atoms with Gasteiger partial charge in [-0.05, 0) is 30.2 Å². The molecule has 0 aromatic heterocycles. The van der Waals surface area contributed by atoms with Crippen molar-refractivity contribution in [3.8, 4) is 11.5 Å². The first kappa shape index (κ1) is 26.0. The molecule has 1 aliphatic rings. The Hall–Kier alpha value is -3.06. The second-order valence-electron chi connectivity index (χ2n) is 7.56. The Bertz CT molecular complexity index is 1440. The number of hydrogen-bond donors (Lipinski definition) is 0. The van der Waals surface area contributed by atoms with Crippen molar-refractivity contribution in [3.63, 3.8) is 0 Å². The Morgan fingerprint density at radius 1 is 0.861 bits per heavy atom. The standard InChI is InChI=1S/C22H11ClF8O4S/c23-14-7-9(22(29,30)31)1-3-12(14)11-5-6-34-15-8-10(2-4-13(11)15)36(32,33)35-21-19(27)17(25)16(24)18(26)20(21)28/h1-4,7-8,11H,5-6H2. The van der Waals surface area contributed by atoms with Crippen molar-refractivity contribution >= 4 is 21.7 Å². The highest BCUT2D eigenvalue weighted by atomic mass is 35.5. The zero-order chi connectivity index (χ0) is 26.6. The zero-order valence-corrected chi connectivity index (χ0v) is 19.0. The lowest BCUT2D eigenvalue weighted by Gasteiger charge is -2.27. The lowest BCUT2D eigenvalue weighted by atomic mass is 9.86. The Labute approximate surface area is 203 Å². The summed E-state index contributed by atoms with van der Waals surface area (Å²) in [5.74, 6) is -14.9. The molecule has 4 rings (SSSR count). The largest absolute Gasteiger partial charge is 0.493 e. The summed E-state index contributed by atoms with van der Waals surface area (Å²) in [6.45, 7) is -0.00296. The molecule has 0 spiro atoms. The van der Waals surface area contributed by atoms with Crippen LogP contribution in [0.1, 0.15) is 29.0 Å². The maximum absolute atomic E-state index is 13.9. The van der Waals surface area contributed by atoms with Crippen molar-refractivity contribution in [2.75, 3.05) is 6.61 Å². The smallest absolute Gasteiger partial charge is 0.416 e. The summed E-state index contributed by atoms with van der Waals surface area (Å²) in [7, 11) is -5.12. The fourth-order valence-corrected chi connectivity index (χ4v) is 4.91. The summed E-state index contributed by atoms with van der Waals surface area (Å²) in [4.78, 5) is -0.746. The van der Waals surface area contributed by atoms with E-state index in [1.165, 1.54) is 12.1 Å². The second-order valence-corrected chi connectivity index (χ2v) is 9.51. The quantitative estimate of drug-likeness (QED) is 0.154. The van der Waals surface area contributed by atoms with Gasteiger partial charge in [0, 0.05) is 22.6 Å². The number of hydrogen-bond acceptors (Lipinski definition) is 4. The van der Waals surface area contributed by atoms with Gasteiger partial charge in [0.25, 0.3) is 0 Å². The number of ether oxygens (including phenoxy) is 1. The SMILES string of the molecule is O=S(=O)(Oc1c(F)c(F)c(F)c(F)c1F)c1ccc2c(c1)OCCC2c1ccc(C(F)(F)F)cc1Cl. The van der Waals surface area contributed by atoms with E-state index in [2.05, 4.69) is 4.18 Å². The highest BCUT2D eigenvalue weighted by Gasteiger charge is 2.34. The monoisotopic (exact) mass is 558 g/mol. The number of halogens is 9. The highest BCUT2D eigenvalue weighted by Crippen LogP contribution is 2.43. The molecule has 0 N–H and O–H groups in total. The van der Waals surface area contributed by atoms with E-state index in [4.69, 9.17) is 16.3 Å². The van der Waals surface area contributed by atoms with Gasteiger partial charge in [0.1, 0.15) is 10.6 Å². The van der Waals surface area contributed by atoms with E-state index >= 15 is 0 Å². The van der Waals surface area contributed by atoms with Crippen LogP contribution in [-0.2, 0) is 16.3 Å². The summed E-state index contributed by atoms with van der Waals surface area (Å²) in [6.07, 6.45) is -4.35. The molecule has 0 saturated heterocycles. The Morgan fingerprint density at radius 2 is 1.44 bits per heavy atom. The third kappa shape index (κ3) is 4.57. The molecular formula is C22H11ClF8O4S. The first-order valence-electron chi connectivity index (χ1n) is 9.81. The maximum Gasteiger partial charge on any atom is 0.416 e. The van der Waals surface area contributed by atoms with Crippen molar-refractivity contribution in [3.05, 3.63) is 87.2 Å². The fraction of sp³-hybridized carbons (Fsp3) is 0.182. The predicted molar refractivity (Wildman–Crippen MR) is 109 cm³/mol. The molecule has 36 heavy (non-hydrogen) atoms. The Kier molecular flexibility index (Phi) is 6.58. The number of benzene rings is 3. The summed E-state index contributed by atoms with van der Waals surface area (Å²) < 4.78 is 141. The van der Waals surface area contributed by atoms with E-state index in [1.807, 2.05) is 0 Å². The average molecular weight is 559 g/mol. The van der Waals surface area contributed by atoms with Crippen LogP contribution in [0.5, 0.6) is 11.5 Å². The van der Waals surface area contributed by atoms with E-state index in [0.29, 0.717) is 11.1 Å². The van der Waals surface area contributed by atoms with E-state index < -0.39 is 67.5 Å². The molecule has 0 bridgehead atoms. The van der Waals surface area contributed by atoms with Gasteiger partial charge in [-0.1, -0.05) is 23.7 Å². The van der Waals surface area contributed by atoms with Crippen LogP contribution in [0.15, 0.2) is 41.3 Å². The normalized spacial score (nSPS) is 15.9. The molecule has 0 radical (unpaired) electrons. The minimum atomic E-state index is -5.12. The van der Waals surface area contributed by atoms with E-state index in [-0.39, 0.29) is 23.8 Å². The third-order valence-corrected chi connectivity index (χ3v) is 6.92. The van der Waals surface area contributed by atoms with Crippen molar-refractivity contribution < 1.29 is 52.5 Å². The molecule has 0 aliphatic carbocycles. The molecule has 0 amide bonds. The molecule has 1 heterocycles. The van der Waals surface area contributed by atoms with Crippen molar-refractivity contribution in [1.29, 1.82) is 0 Å². The second kappa shape index (κ2) is 9.11. The van der Waals surface area contributed by atoms with Gasteiger partial charge in [-0.25, -0.2) is 13.2 Å². The number of rotatable bonds is 4. The summed E-state index contributed by atoms with van der Waals surface area (Å²) in [5, 5.41) is -0.186. The molecule has 0 fully saturated rings. The van der Waals surface area contributed by atoms with Gasteiger partial charge >= 0.3 is 16.3 Å². The van der Waals surface area contributed by atoms with Gasteiger partial charge in [0.2, 0.25) is 34.8 Å². The van der Waals surface area contributed by atoms with E-state index in [1.54, 1.807) is 0 Å². The molecule has 4 nitrogen and oxygen atoms in total. The van der Waals surface area contributed by atoms with Gasteiger partial charge in [0.05, 0.1) is 12.2 Å². The van der Waals surface area contributed by atoms with Crippen LogP contribution in [-0.4, -0.2) is 15.0 Å². The summed E-state index contributed by atoms with van der Waals surface area (Å²) >= 11 is 6.08. The molecule has 1 aliphatic heterocycles. The van der Waals surface area contributed by atoms with E-state index in [0.717, 1.165) is 24.3 Å². The van der Waals surface area contributed by atoms with Gasteiger partial charge in [-0.3, -0.25) is 0 Å². The van der Waals surface area contributed by atoms with Gasteiger partial charge < -0.3 is 8.92 Å². The minimum Gasteiger partial charge on any atom is -0.493 e. The summed E-state index contributed by atoms with van der Waals surface area (Å²) in [6, 6.07) is 5.79. The van der Waals surface area contributed by atoms with Gasteiger partial charge in [0.15, 0.2) is 0 Å². The van der Waals surface area contributed by atoms with Crippen LogP contribution in [0.25, 0.3) is 0 Å². The van der Waals surface area contributed by atoms with Crippen LogP contribution < -0.4 is 8.92 Å². The van der Waals surface area contributed by atoms with Crippen LogP contribution in [0, 0.1) is 29.1 Å². The minimum absolute atomic E-state index is 0.00296. The van der Waals surface area contributed by atoms with Crippen molar-refractivity contribution in [2.45, 2.75) is 23.4 Å². The van der Waals surface area contributed by atoms with Crippen LogP contribution in [0.3, 0.4) is 0 Å². The molecule has 3 aromatic carbocycles.